The summed E-state index contributed by atoms with van der Waals surface area (Å²) in [6, 6.07) is 7.99. The van der Waals surface area contributed by atoms with Gasteiger partial charge in [-0.05, 0) is 25.6 Å². The first-order chi connectivity index (χ1) is 9.08. The number of nitrogens with one attached hydrogen (secondary N) is 2. The summed E-state index contributed by atoms with van der Waals surface area (Å²) in [5, 5.41) is 6.87. The third kappa shape index (κ3) is 3.69. The first kappa shape index (κ1) is 14.3. The lowest BCUT2D eigenvalue weighted by atomic mass is 10.1. The molecule has 1 amide bonds. The predicted molar refractivity (Wildman–Crippen MR) is 77.3 cm³/mol. The van der Waals surface area contributed by atoms with Gasteiger partial charge in [-0.25, -0.2) is 0 Å². The Morgan fingerprint density at radius 1 is 1.53 bits per heavy atom. The molecule has 1 saturated heterocycles. The zero-order valence-electron chi connectivity index (χ0n) is 11.3. The average Bonchev–Trinajstić information content (AvgIpc) is 2.26. The quantitative estimate of drug-likeness (QED) is 0.858. The van der Waals surface area contributed by atoms with Crippen LogP contribution in [0.15, 0.2) is 24.3 Å². The van der Waals surface area contributed by atoms with Gasteiger partial charge in [-0.3, -0.25) is 9.69 Å². The van der Waals surface area contributed by atoms with E-state index in [-0.39, 0.29) is 11.9 Å². The molecule has 2 N–H and O–H groups in total. The maximum atomic E-state index is 12.0. The van der Waals surface area contributed by atoms with E-state index in [4.69, 9.17) is 11.6 Å². The molecule has 1 aliphatic rings. The summed E-state index contributed by atoms with van der Waals surface area (Å²) in [7, 11) is 1.98. The molecule has 2 rings (SSSR count). The summed E-state index contributed by atoms with van der Waals surface area (Å²) in [5.74, 6) is 0.0295. The highest BCUT2D eigenvalue weighted by atomic mass is 35.5. The molecule has 5 heteroatoms. The van der Waals surface area contributed by atoms with Crippen LogP contribution in [0.5, 0.6) is 0 Å². The van der Waals surface area contributed by atoms with Crippen molar-refractivity contribution in [1.29, 1.82) is 0 Å². The van der Waals surface area contributed by atoms with Crippen LogP contribution in [0.1, 0.15) is 18.5 Å². The SMILES string of the molecule is CC(NC(=O)CN(C)C1CNC1)c1ccccc1Cl. The van der Waals surface area contributed by atoms with Gasteiger partial charge in [-0.1, -0.05) is 29.8 Å². The first-order valence-corrected chi connectivity index (χ1v) is 6.90. The molecule has 0 bridgehead atoms. The minimum atomic E-state index is -0.0749. The van der Waals surface area contributed by atoms with Crippen molar-refractivity contribution in [2.24, 2.45) is 0 Å². The summed E-state index contributed by atoms with van der Waals surface area (Å²) >= 11 is 6.12. The molecule has 0 aromatic heterocycles. The third-order valence-corrected chi connectivity index (χ3v) is 3.87. The topological polar surface area (TPSA) is 44.4 Å². The fourth-order valence-corrected chi connectivity index (χ4v) is 2.43. The van der Waals surface area contributed by atoms with E-state index in [0.717, 1.165) is 18.7 Å². The second-order valence-electron chi connectivity index (χ2n) is 5.04. The van der Waals surface area contributed by atoms with Gasteiger partial charge in [0.15, 0.2) is 0 Å². The van der Waals surface area contributed by atoms with Crippen molar-refractivity contribution >= 4 is 17.5 Å². The Hall–Kier alpha value is -1.10. The Balaban J connectivity index is 1.86. The predicted octanol–water partition coefficient (Wildman–Crippen LogP) is 1.42. The van der Waals surface area contributed by atoms with Gasteiger partial charge in [0.25, 0.3) is 0 Å². The van der Waals surface area contributed by atoms with Gasteiger partial charge in [-0.15, -0.1) is 0 Å². The molecule has 0 radical (unpaired) electrons. The molecular formula is C14H20ClN3O. The molecule has 19 heavy (non-hydrogen) atoms. The van der Waals surface area contributed by atoms with Crippen LogP contribution >= 0.6 is 11.6 Å². The van der Waals surface area contributed by atoms with E-state index < -0.39 is 0 Å². The second-order valence-corrected chi connectivity index (χ2v) is 5.45. The van der Waals surface area contributed by atoms with E-state index in [1.807, 2.05) is 38.2 Å². The summed E-state index contributed by atoms with van der Waals surface area (Å²) < 4.78 is 0. The highest BCUT2D eigenvalue weighted by molar-refractivity contribution is 6.31. The average molecular weight is 282 g/mol. The smallest absolute Gasteiger partial charge is 0.234 e. The molecule has 1 unspecified atom stereocenters. The molecule has 0 spiro atoms. The van der Waals surface area contributed by atoms with Crippen LogP contribution in [-0.4, -0.2) is 43.5 Å². The van der Waals surface area contributed by atoms with Crippen molar-refractivity contribution < 1.29 is 4.79 Å². The number of carbonyl (C=O) groups excluding carboxylic acids is 1. The van der Waals surface area contributed by atoms with E-state index in [9.17, 15) is 4.79 Å². The van der Waals surface area contributed by atoms with Gasteiger partial charge in [0.2, 0.25) is 5.91 Å². The maximum Gasteiger partial charge on any atom is 0.234 e. The van der Waals surface area contributed by atoms with E-state index in [1.165, 1.54) is 0 Å². The highest BCUT2D eigenvalue weighted by Crippen LogP contribution is 2.21. The zero-order valence-corrected chi connectivity index (χ0v) is 12.1. The van der Waals surface area contributed by atoms with Crippen molar-refractivity contribution in [2.75, 3.05) is 26.7 Å². The number of amides is 1. The Kier molecular flexibility index (Phi) is 4.80. The maximum absolute atomic E-state index is 12.0. The van der Waals surface area contributed by atoms with Crippen molar-refractivity contribution in [3.05, 3.63) is 34.9 Å². The number of carbonyl (C=O) groups is 1. The lowest BCUT2D eigenvalue weighted by molar-refractivity contribution is -0.123. The van der Waals surface area contributed by atoms with E-state index in [0.29, 0.717) is 17.6 Å². The summed E-state index contributed by atoms with van der Waals surface area (Å²) in [4.78, 5) is 14.1. The Bertz CT molecular complexity index is 448. The second kappa shape index (κ2) is 6.37. The molecule has 1 heterocycles. The molecule has 4 nitrogen and oxygen atoms in total. The van der Waals surface area contributed by atoms with Crippen LogP contribution in [-0.2, 0) is 4.79 Å². The van der Waals surface area contributed by atoms with Crippen molar-refractivity contribution in [3.8, 4) is 0 Å². The Morgan fingerprint density at radius 3 is 2.79 bits per heavy atom. The number of hydrogen-bond donors (Lipinski definition) is 2. The molecule has 0 aliphatic carbocycles. The number of hydrogen-bond acceptors (Lipinski definition) is 3. The fourth-order valence-electron chi connectivity index (χ4n) is 2.13. The lowest BCUT2D eigenvalue weighted by Crippen LogP contribution is -2.57. The zero-order chi connectivity index (χ0) is 13.8. The molecule has 104 valence electrons. The van der Waals surface area contributed by atoms with Crippen LogP contribution in [0, 0.1) is 0 Å². The van der Waals surface area contributed by atoms with Crippen LogP contribution in [0.25, 0.3) is 0 Å². The van der Waals surface area contributed by atoms with Crippen LogP contribution < -0.4 is 10.6 Å². The number of rotatable bonds is 5. The normalized spacial score (nSPS) is 17.1. The largest absolute Gasteiger partial charge is 0.348 e. The molecule has 1 aromatic rings. The van der Waals surface area contributed by atoms with Crippen LogP contribution in [0.4, 0.5) is 0 Å². The molecule has 1 aliphatic heterocycles. The number of halogens is 1. The van der Waals surface area contributed by atoms with Crippen molar-refractivity contribution in [3.63, 3.8) is 0 Å². The summed E-state index contributed by atoms with van der Waals surface area (Å²) in [5.41, 5.74) is 0.950. The van der Waals surface area contributed by atoms with E-state index >= 15 is 0 Å². The molecule has 1 aromatic carbocycles. The van der Waals surface area contributed by atoms with Crippen molar-refractivity contribution in [1.82, 2.24) is 15.5 Å². The van der Waals surface area contributed by atoms with E-state index in [1.54, 1.807) is 0 Å². The minimum Gasteiger partial charge on any atom is -0.348 e. The number of benzene rings is 1. The number of likely N-dealkylation sites (N-methyl/N-ethyl adjacent to an activating group) is 1. The molecule has 1 fully saturated rings. The van der Waals surface area contributed by atoms with Crippen LogP contribution in [0.2, 0.25) is 5.02 Å². The summed E-state index contributed by atoms with van der Waals surface area (Å²) in [6.45, 7) is 4.29. The monoisotopic (exact) mass is 281 g/mol. The third-order valence-electron chi connectivity index (χ3n) is 3.53. The number of nitrogens with zero attached hydrogens (tertiary/aromatic N) is 1. The molecular weight excluding hydrogens is 262 g/mol. The van der Waals surface area contributed by atoms with Crippen molar-refractivity contribution in [2.45, 2.75) is 19.0 Å². The van der Waals surface area contributed by atoms with Crippen LogP contribution in [0.3, 0.4) is 0 Å². The van der Waals surface area contributed by atoms with Gasteiger partial charge >= 0.3 is 0 Å². The molecule has 0 saturated carbocycles. The van der Waals surface area contributed by atoms with Gasteiger partial charge in [0.1, 0.15) is 0 Å². The highest BCUT2D eigenvalue weighted by Gasteiger charge is 2.23. The Labute approximate surface area is 119 Å². The van der Waals surface area contributed by atoms with Gasteiger partial charge in [0, 0.05) is 24.2 Å². The van der Waals surface area contributed by atoms with Gasteiger partial charge in [0.05, 0.1) is 12.6 Å². The fraction of sp³-hybridized carbons (Fsp3) is 0.500. The first-order valence-electron chi connectivity index (χ1n) is 6.52. The Morgan fingerprint density at radius 2 is 2.21 bits per heavy atom. The van der Waals surface area contributed by atoms with E-state index in [2.05, 4.69) is 15.5 Å². The van der Waals surface area contributed by atoms with Gasteiger partial charge < -0.3 is 10.6 Å². The van der Waals surface area contributed by atoms with Gasteiger partial charge in [-0.2, -0.15) is 0 Å². The summed E-state index contributed by atoms with van der Waals surface area (Å²) in [6.07, 6.45) is 0. The lowest BCUT2D eigenvalue weighted by Gasteiger charge is -2.35. The molecule has 1 atom stereocenters. The standard InChI is InChI=1S/C14H20ClN3O/c1-10(12-5-3-4-6-13(12)15)17-14(19)9-18(2)11-7-16-8-11/h3-6,10-11,16H,7-9H2,1-2H3,(H,17,19). The minimum absolute atomic E-state index is 0.0295.